The summed E-state index contributed by atoms with van der Waals surface area (Å²) in [5, 5.41) is 0. The quantitative estimate of drug-likeness (QED) is 0.568. The molecule has 2 aliphatic heterocycles. The molecule has 0 aliphatic carbocycles. The normalized spacial score (nSPS) is 40.3. The largest absolute Gasteiger partial charge is 0.356 e. The number of rotatable bonds is 0. The fraction of sp³-hybridized carbons (Fsp3) is 0.900. The van der Waals surface area contributed by atoms with Gasteiger partial charge in [0.05, 0.1) is 12.6 Å². The van der Waals surface area contributed by atoms with Crippen LogP contribution in [-0.4, -0.2) is 29.7 Å². The fourth-order valence-corrected chi connectivity index (χ4v) is 2.25. The van der Waals surface area contributed by atoms with Crippen molar-refractivity contribution in [2.75, 3.05) is 6.61 Å². The number of carbonyl (C=O) groups excluding carboxylic acids is 1. The van der Waals surface area contributed by atoms with Crippen LogP contribution in [0.25, 0.3) is 0 Å². The molecule has 0 aromatic rings. The van der Waals surface area contributed by atoms with Gasteiger partial charge < -0.3 is 9.64 Å². The number of nitrogens with zero attached hydrogens (tertiary/aromatic N) is 1. The van der Waals surface area contributed by atoms with E-state index in [9.17, 15) is 4.79 Å². The van der Waals surface area contributed by atoms with E-state index in [-0.39, 0.29) is 24.1 Å². The first-order valence-electron chi connectivity index (χ1n) is 5.14. The number of fused-ring (bicyclic) bond motifs is 1. The Morgan fingerprint density at radius 1 is 1.38 bits per heavy atom. The zero-order chi connectivity index (χ0) is 9.42. The average molecular weight is 183 g/mol. The van der Waals surface area contributed by atoms with E-state index in [1.807, 2.05) is 11.8 Å². The second kappa shape index (κ2) is 3.29. The van der Waals surface area contributed by atoms with Gasteiger partial charge in [0.25, 0.3) is 0 Å². The maximum absolute atomic E-state index is 11.9. The molecule has 3 atom stereocenters. The van der Waals surface area contributed by atoms with Gasteiger partial charge >= 0.3 is 0 Å². The number of hydrogen-bond donors (Lipinski definition) is 0. The van der Waals surface area contributed by atoms with Gasteiger partial charge in [0.1, 0.15) is 6.23 Å². The molecule has 0 N–H and O–H groups in total. The highest BCUT2D eigenvalue weighted by atomic mass is 16.5. The van der Waals surface area contributed by atoms with E-state index in [2.05, 4.69) is 6.92 Å². The number of amides is 1. The summed E-state index contributed by atoms with van der Waals surface area (Å²) in [6, 6.07) is 0.276. The lowest BCUT2D eigenvalue weighted by molar-refractivity contribution is -0.140. The molecule has 2 aliphatic rings. The van der Waals surface area contributed by atoms with E-state index in [1.54, 1.807) is 0 Å². The van der Waals surface area contributed by atoms with Crippen molar-refractivity contribution >= 4 is 5.91 Å². The minimum atomic E-state index is 0.0763. The summed E-state index contributed by atoms with van der Waals surface area (Å²) < 4.78 is 5.57. The van der Waals surface area contributed by atoms with E-state index in [0.29, 0.717) is 6.61 Å². The topological polar surface area (TPSA) is 29.5 Å². The summed E-state index contributed by atoms with van der Waals surface area (Å²) >= 11 is 0. The number of carbonyl (C=O) groups is 1. The predicted molar refractivity (Wildman–Crippen MR) is 49.1 cm³/mol. The van der Waals surface area contributed by atoms with Gasteiger partial charge in [-0.25, -0.2) is 0 Å². The molecule has 0 aromatic carbocycles. The predicted octanol–water partition coefficient (Wildman–Crippen LogP) is 1.38. The molecular weight excluding hydrogens is 166 g/mol. The Balaban J connectivity index is 2.18. The van der Waals surface area contributed by atoms with Crippen molar-refractivity contribution in [2.24, 2.45) is 5.92 Å². The average Bonchev–Trinajstić information content (AvgIpc) is 2.39. The van der Waals surface area contributed by atoms with Crippen LogP contribution in [-0.2, 0) is 9.53 Å². The van der Waals surface area contributed by atoms with Gasteiger partial charge in [-0.1, -0.05) is 6.92 Å². The van der Waals surface area contributed by atoms with E-state index in [1.165, 1.54) is 0 Å². The van der Waals surface area contributed by atoms with Crippen molar-refractivity contribution in [3.63, 3.8) is 0 Å². The highest BCUT2D eigenvalue weighted by molar-refractivity contribution is 5.79. The molecule has 1 amide bonds. The summed E-state index contributed by atoms with van der Waals surface area (Å²) in [6.07, 6.45) is 3.22. The molecular formula is C10H17NO2. The number of ether oxygens (including phenoxy) is 1. The molecule has 2 saturated heterocycles. The van der Waals surface area contributed by atoms with E-state index < -0.39 is 0 Å². The summed E-state index contributed by atoms with van der Waals surface area (Å²) in [4.78, 5) is 13.8. The van der Waals surface area contributed by atoms with Crippen LogP contribution in [0.3, 0.4) is 0 Å². The molecule has 2 fully saturated rings. The first kappa shape index (κ1) is 9.00. The standard InChI is InChI=1S/C10H17NO2/c1-7-4-3-5-9-11(10(7)12)8(2)6-13-9/h7-9H,3-6H2,1-2H3. The van der Waals surface area contributed by atoms with Crippen LogP contribution in [0.15, 0.2) is 0 Å². The molecule has 2 rings (SSSR count). The summed E-state index contributed by atoms with van der Waals surface area (Å²) in [6.45, 7) is 4.80. The lowest BCUT2D eigenvalue weighted by Crippen LogP contribution is -2.41. The van der Waals surface area contributed by atoms with Crippen molar-refractivity contribution in [1.82, 2.24) is 4.90 Å². The molecule has 74 valence electrons. The zero-order valence-corrected chi connectivity index (χ0v) is 8.32. The molecule has 2 heterocycles. The fourth-order valence-electron chi connectivity index (χ4n) is 2.25. The van der Waals surface area contributed by atoms with Crippen molar-refractivity contribution in [3.05, 3.63) is 0 Å². The van der Waals surface area contributed by atoms with Crippen molar-refractivity contribution in [2.45, 2.75) is 45.4 Å². The van der Waals surface area contributed by atoms with Crippen LogP contribution < -0.4 is 0 Å². The SMILES string of the molecule is CC1CCCC2OCC(C)N2C1=O. The lowest BCUT2D eigenvalue weighted by Gasteiger charge is -2.25. The van der Waals surface area contributed by atoms with Gasteiger partial charge in [0.2, 0.25) is 5.91 Å². The van der Waals surface area contributed by atoms with Gasteiger partial charge in [0, 0.05) is 5.92 Å². The number of hydrogen-bond acceptors (Lipinski definition) is 2. The second-order valence-corrected chi connectivity index (χ2v) is 4.21. The maximum atomic E-state index is 11.9. The molecule has 0 aromatic heterocycles. The van der Waals surface area contributed by atoms with Crippen molar-refractivity contribution < 1.29 is 9.53 Å². The van der Waals surface area contributed by atoms with Crippen molar-refractivity contribution in [3.8, 4) is 0 Å². The Labute approximate surface area is 79.0 Å². The Kier molecular flexibility index (Phi) is 2.28. The summed E-state index contributed by atoms with van der Waals surface area (Å²) in [7, 11) is 0. The first-order chi connectivity index (χ1) is 6.20. The maximum Gasteiger partial charge on any atom is 0.227 e. The third kappa shape index (κ3) is 1.46. The van der Waals surface area contributed by atoms with Gasteiger partial charge in [-0.3, -0.25) is 4.79 Å². The van der Waals surface area contributed by atoms with E-state index >= 15 is 0 Å². The molecule has 3 heteroatoms. The van der Waals surface area contributed by atoms with Crippen LogP contribution >= 0.6 is 0 Å². The molecule has 0 radical (unpaired) electrons. The Morgan fingerprint density at radius 3 is 2.92 bits per heavy atom. The third-order valence-electron chi connectivity index (χ3n) is 3.08. The van der Waals surface area contributed by atoms with E-state index in [0.717, 1.165) is 19.3 Å². The first-order valence-corrected chi connectivity index (χ1v) is 5.14. The van der Waals surface area contributed by atoms with Crippen LogP contribution in [0.1, 0.15) is 33.1 Å². The Morgan fingerprint density at radius 2 is 2.15 bits per heavy atom. The third-order valence-corrected chi connectivity index (χ3v) is 3.08. The highest BCUT2D eigenvalue weighted by Gasteiger charge is 2.38. The molecule has 13 heavy (non-hydrogen) atoms. The van der Waals surface area contributed by atoms with Crippen LogP contribution in [0, 0.1) is 5.92 Å². The van der Waals surface area contributed by atoms with Crippen LogP contribution in [0.4, 0.5) is 0 Å². The van der Waals surface area contributed by atoms with Crippen LogP contribution in [0.5, 0.6) is 0 Å². The highest BCUT2D eigenvalue weighted by Crippen LogP contribution is 2.28. The Bertz CT molecular complexity index is 217. The summed E-state index contributed by atoms with van der Waals surface area (Å²) in [5.74, 6) is 0.474. The lowest BCUT2D eigenvalue weighted by atomic mass is 10.1. The minimum Gasteiger partial charge on any atom is -0.356 e. The second-order valence-electron chi connectivity index (χ2n) is 4.21. The van der Waals surface area contributed by atoms with Gasteiger partial charge in [-0.15, -0.1) is 0 Å². The molecule has 0 spiro atoms. The minimum absolute atomic E-state index is 0.0763. The van der Waals surface area contributed by atoms with Crippen LogP contribution in [0.2, 0.25) is 0 Å². The smallest absolute Gasteiger partial charge is 0.227 e. The van der Waals surface area contributed by atoms with Crippen molar-refractivity contribution in [1.29, 1.82) is 0 Å². The summed E-state index contributed by atoms with van der Waals surface area (Å²) in [5.41, 5.74) is 0. The monoisotopic (exact) mass is 183 g/mol. The molecule has 0 bridgehead atoms. The molecule has 0 saturated carbocycles. The van der Waals surface area contributed by atoms with E-state index in [4.69, 9.17) is 4.74 Å². The molecule has 3 nitrogen and oxygen atoms in total. The molecule has 3 unspecified atom stereocenters. The van der Waals surface area contributed by atoms with Gasteiger partial charge in [-0.05, 0) is 26.2 Å². The van der Waals surface area contributed by atoms with Gasteiger partial charge in [0.15, 0.2) is 0 Å². The zero-order valence-electron chi connectivity index (χ0n) is 8.32. The Hall–Kier alpha value is -0.570. The van der Waals surface area contributed by atoms with Gasteiger partial charge in [-0.2, -0.15) is 0 Å².